The molecule has 1 aromatic rings. The molecule has 5 nitrogen and oxygen atoms in total. The summed E-state index contributed by atoms with van der Waals surface area (Å²) in [5, 5.41) is 8.57. The Morgan fingerprint density at radius 2 is 2.11 bits per heavy atom. The molecule has 19 heavy (non-hydrogen) atoms. The molecule has 0 spiro atoms. The van der Waals surface area contributed by atoms with Gasteiger partial charge in [-0.25, -0.2) is 0 Å². The first kappa shape index (κ1) is 18.2. The fraction of sp³-hybridized carbons (Fsp3) is 0.333. The van der Waals surface area contributed by atoms with E-state index >= 15 is 0 Å². The highest BCUT2D eigenvalue weighted by Crippen LogP contribution is 2.20. The van der Waals surface area contributed by atoms with Gasteiger partial charge in [-0.3, -0.25) is 9.79 Å². The first-order valence-corrected chi connectivity index (χ1v) is 6.30. The van der Waals surface area contributed by atoms with E-state index in [1.807, 2.05) is 25.1 Å². The number of carbonyl (C=O) groups excluding carboxylic acids is 1. The molecule has 0 bridgehead atoms. The fourth-order valence-electron chi connectivity index (χ4n) is 1.37. The summed E-state index contributed by atoms with van der Waals surface area (Å²) in [6, 6.07) is 5.76. The van der Waals surface area contributed by atoms with Crippen LogP contribution in [0.5, 0.6) is 0 Å². The number of amides is 1. The Labute approximate surface area is 138 Å². The number of benzene rings is 1. The van der Waals surface area contributed by atoms with Crippen LogP contribution in [-0.2, 0) is 4.79 Å². The Kier molecular flexibility index (Phi) is 8.73. The van der Waals surface area contributed by atoms with Crippen LogP contribution in [0.25, 0.3) is 0 Å². The number of halogens is 2. The first-order valence-electron chi connectivity index (χ1n) is 5.51. The van der Waals surface area contributed by atoms with Crippen LogP contribution >= 0.6 is 39.9 Å². The van der Waals surface area contributed by atoms with Crippen molar-refractivity contribution in [2.45, 2.75) is 6.92 Å². The number of nitrogens with one attached hydrogen (secondary N) is 3. The van der Waals surface area contributed by atoms with Crippen LogP contribution in [0.15, 0.2) is 27.7 Å². The number of anilines is 1. The molecule has 1 amide bonds. The lowest BCUT2D eigenvalue weighted by Gasteiger charge is -2.11. The minimum atomic E-state index is -0.118. The minimum absolute atomic E-state index is 0. The molecule has 0 aliphatic rings. The molecule has 7 heteroatoms. The highest BCUT2D eigenvalue weighted by Gasteiger charge is 2.05. The molecule has 1 aromatic carbocycles. The number of hydrogen-bond donors (Lipinski definition) is 3. The predicted octanol–water partition coefficient (Wildman–Crippen LogP) is 2.11. The van der Waals surface area contributed by atoms with Crippen molar-refractivity contribution in [2.75, 3.05) is 26.0 Å². The molecule has 0 aliphatic carbocycles. The maximum absolute atomic E-state index is 11.7. The van der Waals surface area contributed by atoms with E-state index in [4.69, 9.17) is 0 Å². The molecular formula is C12H18BrIN4O. The van der Waals surface area contributed by atoms with Gasteiger partial charge >= 0.3 is 0 Å². The second-order valence-corrected chi connectivity index (χ2v) is 4.60. The van der Waals surface area contributed by atoms with Gasteiger partial charge in [-0.05, 0) is 24.6 Å². The lowest BCUT2D eigenvalue weighted by atomic mass is 10.2. The number of rotatable bonds is 3. The van der Waals surface area contributed by atoms with Crippen molar-refractivity contribution in [3.8, 4) is 0 Å². The summed E-state index contributed by atoms with van der Waals surface area (Å²) in [6.45, 7) is 2.11. The average molecular weight is 441 g/mol. The maximum Gasteiger partial charge on any atom is 0.243 e. The van der Waals surface area contributed by atoms with Crippen molar-refractivity contribution in [3.05, 3.63) is 28.2 Å². The number of aryl methyl sites for hydroxylation is 1. The van der Waals surface area contributed by atoms with E-state index in [0.717, 1.165) is 15.7 Å². The lowest BCUT2D eigenvalue weighted by molar-refractivity contribution is -0.115. The van der Waals surface area contributed by atoms with Crippen LogP contribution in [0.1, 0.15) is 5.56 Å². The zero-order chi connectivity index (χ0) is 13.5. The topological polar surface area (TPSA) is 65.5 Å². The third-order valence-corrected chi connectivity index (χ3v) is 2.84. The van der Waals surface area contributed by atoms with Gasteiger partial charge in [-0.1, -0.05) is 22.0 Å². The largest absolute Gasteiger partial charge is 0.359 e. The second-order valence-electron chi connectivity index (χ2n) is 3.68. The molecule has 0 aliphatic heterocycles. The van der Waals surface area contributed by atoms with Crippen molar-refractivity contribution in [3.63, 3.8) is 0 Å². The Morgan fingerprint density at radius 1 is 1.42 bits per heavy atom. The van der Waals surface area contributed by atoms with Gasteiger partial charge in [-0.15, -0.1) is 24.0 Å². The van der Waals surface area contributed by atoms with Crippen LogP contribution in [0.4, 0.5) is 5.69 Å². The van der Waals surface area contributed by atoms with E-state index in [1.165, 1.54) is 0 Å². The first-order chi connectivity index (χ1) is 8.56. The summed E-state index contributed by atoms with van der Waals surface area (Å²) < 4.78 is 0.933. The van der Waals surface area contributed by atoms with Crippen LogP contribution in [-0.4, -0.2) is 32.5 Å². The molecule has 0 saturated carbocycles. The molecule has 1 rings (SSSR count). The maximum atomic E-state index is 11.7. The van der Waals surface area contributed by atoms with E-state index in [-0.39, 0.29) is 36.4 Å². The Bertz CT molecular complexity index is 465. The monoisotopic (exact) mass is 440 g/mol. The summed E-state index contributed by atoms with van der Waals surface area (Å²) >= 11 is 3.37. The van der Waals surface area contributed by atoms with Crippen LogP contribution < -0.4 is 16.0 Å². The molecule has 0 unspecified atom stereocenters. The third kappa shape index (κ3) is 6.24. The number of guanidine groups is 1. The van der Waals surface area contributed by atoms with Crippen molar-refractivity contribution in [1.82, 2.24) is 10.6 Å². The minimum Gasteiger partial charge on any atom is -0.359 e. The van der Waals surface area contributed by atoms with Crippen molar-refractivity contribution < 1.29 is 4.79 Å². The fourth-order valence-corrected chi connectivity index (χ4v) is 1.73. The Hall–Kier alpha value is -0.830. The summed E-state index contributed by atoms with van der Waals surface area (Å²) in [6.07, 6.45) is 0. The molecular weight excluding hydrogens is 423 g/mol. The van der Waals surface area contributed by atoms with E-state index in [2.05, 4.69) is 36.9 Å². The van der Waals surface area contributed by atoms with E-state index in [9.17, 15) is 4.79 Å². The van der Waals surface area contributed by atoms with Gasteiger partial charge < -0.3 is 16.0 Å². The van der Waals surface area contributed by atoms with Crippen LogP contribution in [0.2, 0.25) is 0 Å². The quantitative estimate of drug-likeness (QED) is 0.383. The van der Waals surface area contributed by atoms with Gasteiger partial charge in [0.15, 0.2) is 5.96 Å². The number of nitrogens with zero attached hydrogens (tertiary/aromatic N) is 1. The number of aliphatic imine (C=N–C) groups is 1. The van der Waals surface area contributed by atoms with Gasteiger partial charge in [-0.2, -0.15) is 0 Å². The third-order valence-electron chi connectivity index (χ3n) is 2.35. The summed E-state index contributed by atoms with van der Waals surface area (Å²) in [7, 11) is 3.39. The Balaban J connectivity index is 0.00000324. The lowest BCUT2D eigenvalue weighted by Crippen LogP contribution is -2.39. The highest BCUT2D eigenvalue weighted by molar-refractivity contribution is 14.0. The molecule has 3 N–H and O–H groups in total. The summed E-state index contributed by atoms with van der Waals surface area (Å²) in [4.78, 5) is 15.7. The number of carbonyl (C=O) groups is 1. The molecule has 0 aromatic heterocycles. The zero-order valence-electron chi connectivity index (χ0n) is 11.1. The van der Waals surface area contributed by atoms with Crippen molar-refractivity contribution in [1.29, 1.82) is 0 Å². The highest BCUT2D eigenvalue weighted by atomic mass is 127. The SMILES string of the molecule is CN=C(NC)NCC(=O)Nc1cc(Br)ccc1C.I. The second kappa shape index (κ2) is 9.13. The van der Waals surface area contributed by atoms with Crippen molar-refractivity contribution >= 4 is 57.5 Å². The molecule has 0 saturated heterocycles. The van der Waals surface area contributed by atoms with E-state index in [0.29, 0.717) is 5.96 Å². The normalized spacial score (nSPS) is 10.4. The molecule has 0 heterocycles. The van der Waals surface area contributed by atoms with E-state index in [1.54, 1.807) is 14.1 Å². The predicted molar refractivity (Wildman–Crippen MR) is 93.3 cm³/mol. The average Bonchev–Trinajstić information content (AvgIpc) is 2.35. The standard InChI is InChI=1S/C12H17BrN4O.HI/c1-8-4-5-9(13)6-10(8)17-11(18)7-16-12(14-2)15-3;/h4-6H,7H2,1-3H3,(H,17,18)(H2,14,15,16);1H. The summed E-state index contributed by atoms with van der Waals surface area (Å²) in [5.41, 5.74) is 1.82. The molecule has 0 fully saturated rings. The van der Waals surface area contributed by atoms with Gasteiger partial charge in [0.1, 0.15) is 0 Å². The van der Waals surface area contributed by atoms with Crippen LogP contribution in [0.3, 0.4) is 0 Å². The molecule has 106 valence electrons. The zero-order valence-corrected chi connectivity index (χ0v) is 15.0. The summed E-state index contributed by atoms with van der Waals surface area (Å²) in [5.74, 6) is 0.462. The van der Waals surface area contributed by atoms with Gasteiger partial charge in [0.2, 0.25) is 5.91 Å². The van der Waals surface area contributed by atoms with Gasteiger partial charge in [0.25, 0.3) is 0 Å². The van der Waals surface area contributed by atoms with Gasteiger partial charge in [0, 0.05) is 24.3 Å². The molecule has 0 radical (unpaired) electrons. The molecule has 0 atom stereocenters. The van der Waals surface area contributed by atoms with Crippen molar-refractivity contribution in [2.24, 2.45) is 4.99 Å². The number of hydrogen-bond acceptors (Lipinski definition) is 2. The smallest absolute Gasteiger partial charge is 0.243 e. The Morgan fingerprint density at radius 3 is 2.68 bits per heavy atom. The van der Waals surface area contributed by atoms with Crippen LogP contribution in [0, 0.1) is 6.92 Å². The van der Waals surface area contributed by atoms with Gasteiger partial charge in [0.05, 0.1) is 6.54 Å². The van der Waals surface area contributed by atoms with E-state index < -0.39 is 0 Å².